The quantitative estimate of drug-likeness (QED) is 0.843. The van der Waals surface area contributed by atoms with E-state index in [2.05, 4.69) is 27.6 Å². The van der Waals surface area contributed by atoms with Gasteiger partial charge in [0.2, 0.25) is 0 Å². The van der Waals surface area contributed by atoms with Crippen LogP contribution in [0.2, 0.25) is 5.02 Å². The summed E-state index contributed by atoms with van der Waals surface area (Å²) in [4.78, 5) is 6.07. The maximum absolute atomic E-state index is 12.7. The Morgan fingerprint density at radius 1 is 1.62 bits per heavy atom. The molecule has 0 amide bonds. The summed E-state index contributed by atoms with van der Waals surface area (Å²) in [6.45, 7) is 0.280. The molecule has 3 nitrogen and oxygen atoms in total. The Morgan fingerprint density at radius 2 is 2.31 bits per heavy atom. The van der Waals surface area contributed by atoms with Crippen molar-refractivity contribution >= 4 is 40.0 Å². The fourth-order valence-corrected chi connectivity index (χ4v) is 2.40. The van der Waals surface area contributed by atoms with E-state index in [0.717, 1.165) is 3.57 Å². The van der Waals surface area contributed by atoms with E-state index in [9.17, 15) is 4.39 Å². The molecule has 1 fully saturated rings. The van der Waals surface area contributed by atoms with Crippen LogP contribution in [-0.4, -0.2) is 36.5 Å². The summed E-state index contributed by atoms with van der Waals surface area (Å²) < 4.78 is 13.6. The molecule has 1 saturated heterocycles. The van der Waals surface area contributed by atoms with Crippen LogP contribution in [0.15, 0.2) is 12.3 Å². The van der Waals surface area contributed by atoms with Gasteiger partial charge in [-0.1, -0.05) is 11.6 Å². The van der Waals surface area contributed by atoms with Crippen molar-refractivity contribution in [1.29, 1.82) is 0 Å². The molecule has 0 spiro atoms. The highest BCUT2D eigenvalue weighted by molar-refractivity contribution is 14.1. The summed E-state index contributed by atoms with van der Waals surface area (Å²) in [5.74, 6) is 0.672. The summed E-state index contributed by atoms with van der Waals surface area (Å²) in [5.41, 5.74) is -0.619. The average Bonchev–Trinajstić information content (AvgIpc) is 2.24. The molecule has 0 aromatic carbocycles. The van der Waals surface area contributed by atoms with Crippen LogP contribution < -0.4 is 4.90 Å². The first-order valence-corrected chi connectivity index (χ1v) is 6.29. The molecule has 0 aliphatic carbocycles. The molecule has 16 heavy (non-hydrogen) atoms. The van der Waals surface area contributed by atoms with Gasteiger partial charge in [0.15, 0.2) is 0 Å². The van der Waals surface area contributed by atoms with Gasteiger partial charge in [-0.15, -0.1) is 0 Å². The third-order valence-corrected chi connectivity index (χ3v) is 4.39. The van der Waals surface area contributed by atoms with E-state index < -0.39 is 12.1 Å². The molecule has 1 aromatic heterocycles. The van der Waals surface area contributed by atoms with Crippen LogP contribution in [0.1, 0.15) is 0 Å². The third kappa shape index (κ3) is 2.00. The minimum absolute atomic E-state index is 0.137. The Hall–Kier alpha value is -0.140. The normalized spacial score (nSPS) is 18.4. The first kappa shape index (κ1) is 12.3. The summed E-state index contributed by atoms with van der Waals surface area (Å²) in [6.07, 6.45) is 1.68. The van der Waals surface area contributed by atoms with Crippen molar-refractivity contribution in [2.75, 3.05) is 31.3 Å². The molecule has 0 bridgehead atoms. The van der Waals surface area contributed by atoms with Crippen molar-refractivity contribution in [1.82, 2.24) is 4.98 Å². The number of anilines is 1. The lowest BCUT2D eigenvalue weighted by molar-refractivity contribution is 0.0645. The molecule has 88 valence electrons. The van der Waals surface area contributed by atoms with Gasteiger partial charge in [0, 0.05) is 22.9 Å². The van der Waals surface area contributed by atoms with Crippen molar-refractivity contribution in [3.05, 3.63) is 20.9 Å². The number of aliphatic hydroxyl groups excluding tert-OH is 1. The predicted octanol–water partition coefficient (Wildman–Crippen LogP) is 2.11. The zero-order chi connectivity index (χ0) is 11.8. The lowest BCUT2D eigenvalue weighted by Gasteiger charge is -2.48. The Balaban J connectivity index is 2.15. The standard InChI is InChI=1S/C10H11ClFIN2O/c11-8-7(13)1-2-14-9(8)15-4-10(3-12,5-15)6-16/h1-2,16H,3-6H2. The molecule has 1 aliphatic rings. The van der Waals surface area contributed by atoms with Crippen LogP contribution in [0.4, 0.5) is 10.2 Å². The van der Waals surface area contributed by atoms with E-state index in [1.165, 1.54) is 0 Å². The Bertz CT molecular complexity index is 392. The van der Waals surface area contributed by atoms with Gasteiger partial charge in [-0.05, 0) is 28.7 Å². The van der Waals surface area contributed by atoms with Crippen molar-refractivity contribution in [3.8, 4) is 0 Å². The molecule has 1 aromatic rings. The summed E-state index contributed by atoms with van der Waals surface area (Å²) in [5, 5.41) is 9.69. The largest absolute Gasteiger partial charge is 0.396 e. The molecule has 6 heteroatoms. The number of halogens is 3. The molecule has 1 N–H and O–H groups in total. The molecular weight excluding hydrogens is 345 g/mol. The molecule has 2 rings (SSSR count). The average molecular weight is 357 g/mol. The summed E-state index contributed by atoms with van der Waals surface area (Å²) in [6, 6.07) is 1.82. The number of alkyl halides is 1. The summed E-state index contributed by atoms with van der Waals surface area (Å²) >= 11 is 8.24. The second-order valence-electron chi connectivity index (χ2n) is 4.08. The van der Waals surface area contributed by atoms with Crippen molar-refractivity contribution in [2.45, 2.75) is 0 Å². The number of nitrogens with zero attached hydrogens (tertiary/aromatic N) is 2. The van der Waals surface area contributed by atoms with Crippen LogP contribution in [-0.2, 0) is 0 Å². The maximum Gasteiger partial charge on any atom is 0.148 e. The Kier molecular flexibility index (Phi) is 3.56. The number of rotatable bonds is 3. The van der Waals surface area contributed by atoms with Gasteiger partial charge in [-0.3, -0.25) is 4.39 Å². The molecule has 1 aliphatic heterocycles. The van der Waals surface area contributed by atoms with Gasteiger partial charge in [-0.2, -0.15) is 0 Å². The van der Waals surface area contributed by atoms with E-state index in [4.69, 9.17) is 16.7 Å². The van der Waals surface area contributed by atoms with Crippen molar-refractivity contribution in [3.63, 3.8) is 0 Å². The van der Waals surface area contributed by atoms with Gasteiger partial charge in [-0.25, -0.2) is 4.98 Å². The van der Waals surface area contributed by atoms with Crippen LogP contribution in [0.5, 0.6) is 0 Å². The topological polar surface area (TPSA) is 36.4 Å². The maximum atomic E-state index is 12.7. The van der Waals surface area contributed by atoms with Crippen LogP contribution in [0, 0.1) is 8.99 Å². The Labute approximate surface area is 112 Å². The third-order valence-electron chi connectivity index (χ3n) is 2.79. The first-order valence-electron chi connectivity index (χ1n) is 4.84. The smallest absolute Gasteiger partial charge is 0.148 e. The second kappa shape index (κ2) is 4.62. The van der Waals surface area contributed by atoms with Crippen molar-refractivity contribution < 1.29 is 9.50 Å². The van der Waals surface area contributed by atoms with Gasteiger partial charge >= 0.3 is 0 Å². The van der Waals surface area contributed by atoms with Crippen LogP contribution in [0.25, 0.3) is 0 Å². The number of aromatic nitrogens is 1. The van der Waals surface area contributed by atoms with E-state index >= 15 is 0 Å². The highest BCUT2D eigenvalue weighted by atomic mass is 127. The Morgan fingerprint density at radius 3 is 2.88 bits per heavy atom. The zero-order valence-corrected chi connectivity index (χ0v) is 11.4. The monoisotopic (exact) mass is 356 g/mol. The van der Waals surface area contributed by atoms with E-state index in [1.807, 2.05) is 11.0 Å². The number of pyridine rings is 1. The molecule has 0 saturated carbocycles. The van der Waals surface area contributed by atoms with E-state index in [-0.39, 0.29) is 6.61 Å². The minimum atomic E-state index is -0.619. The lowest BCUT2D eigenvalue weighted by Crippen LogP contribution is -2.60. The van der Waals surface area contributed by atoms with Crippen LogP contribution in [0.3, 0.4) is 0 Å². The van der Waals surface area contributed by atoms with Gasteiger partial charge in [0.1, 0.15) is 12.5 Å². The minimum Gasteiger partial charge on any atom is -0.396 e. The SMILES string of the molecule is OCC1(CF)CN(c2nccc(I)c2Cl)C1. The van der Waals surface area contributed by atoms with Crippen LogP contribution >= 0.6 is 34.2 Å². The molecule has 2 heterocycles. The van der Waals surface area contributed by atoms with E-state index in [1.54, 1.807) is 6.20 Å². The van der Waals surface area contributed by atoms with Gasteiger partial charge < -0.3 is 10.0 Å². The molecule has 0 unspecified atom stereocenters. The lowest BCUT2D eigenvalue weighted by atomic mass is 9.82. The summed E-state index contributed by atoms with van der Waals surface area (Å²) in [7, 11) is 0. The van der Waals surface area contributed by atoms with Crippen molar-refractivity contribution in [2.24, 2.45) is 5.41 Å². The fourth-order valence-electron chi connectivity index (χ4n) is 1.77. The fraction of sp³-hybridized carbons (Fsp3) is 0.500. The number of aliphatic hydroxyl groups is 1. The van der Waals surface area contributed by atoms with Gasteiger partial charge in [0.25, 0.3) is 0 Å². The van der Waals surface area contributed by atoms with E-state index in [0.29, 0.717) is 23.9 Å². The zero-order valence-electron chi connectivity index (χ0n) is 8.46. The highest BCUT2D eigenvalue weighted by Crippen LogP contribution is 2.37. The molecule has 0 atom stereocenters. The first-order chi connectivity index (χ1) is 7.62. The van der Waals surface area contributed by atoms with Gasteiger partial charge in [0.05, 0.1) is 17.0 Å². The highest BCUT2D eigenvalue weighted by Gasteiger charge is 2.44. The number of hydrogen-bond acceptors (Lipinski definition) is 3. The predicted molar refractivity (Wildman–Crippen MR) is 69.7 cm³/mol. The number of hydrogen-bond donors (Lipinski definition) is 1. The molecule has 0 radical (unpaired) electrons. The second-order valence-corrected chi connectivity index (χ2v) is 5.62. The molecular formula is C10H11ClFIN2O.